The highest BCUT2D eigenvalue weighted by atomic mass is 35.5. The molecule has 0 saturated heterocycles. The lowest BCUT2D eigenvalue weighted by molar-refractivity contribution is 0.599. The summed E-state index contributed by atoms with van der Waals surface area (Å²) in [6.45, 7) is 0. The van der Waals surface area contributed by atoms with Gasteiger partial charge in [0, 0.05) is 23.5 Å². The number of hydrogen-bond donors (Lipinski definition) is 1. The minimum Gasteiger partial charge on any atom is -0.282 e. The quantitative estimate of drug-likeness (QED) is 0.737. The molecule has 2 aromatic carbocycles. The maximum Gasteiger partial charge on any atom is 0.254 e. The van der Waals surface area contributed by atoms with E-state index in [0.29, 0.717) is 11.3 Å². The van der Waals surface area contributed by atoms with Gasteiger partial charge in [-0.05, 0) is 29.1 Å². The van der Waals surface area contributed by atoms with Crippen molar-refractivity contribution in [3.05, 3.63) is 72.6 Å². The molecule has 0 amide bonds. The van der Waals surface area contributed by atoms with E-state index in [1.807, 2.05) is 18.2 Å². The number of halogens is 1. The molecule has 22 heavy (non-hydrogen) atoms. The van der Waals surface area contributed by atoms with Crippen LogP contribution >= 0.6 is 11.6 Å². The molecule has 1 heterocycles. The summed E-state index contributed by atoms with van der Waals surface area (Å²) in [5.74, 6) is 0. The zero-order chi connectivity index (χ0) is 15.6. The second kappa shape index (κ2) is 5.94. The molecule has 6 heteroatoms. The third-order valence-electron chi connectivity index (χ3n) is 3.23. The molecule has 0 bridgehead atoms. The van der Waals surface area contributed by atoms with Crippen molar-refractivity contribution in [3.8, 4) is 0 Å². The van der Waals surface area contributed by atoms with E-state index < -0.39 is 14.7 Å². The Morgan fingerprint density at radius 2 is 1.77 bits per heavy atom. The summed E-state index contributed by atoms with van der Waals surface area (Å²) in [5, 5.41) is 1.84. The zero-order valence-corrected chi connectivity index (χ0v) is 13.1. The van der Waals surface area contributed by atoms with Crippen LogP contribution in [0.25, 0.3) is 10.8 Å². The van der Waals surface area contributed by atoms with Crippen LogP contribution in [0.5, 0.6) is 0 Å². The predicted molar refractivity (Wildman–Crippen MR) is 89.3 cm³/mol. The van der Waals surface area contributed by atoms with Crippen molar-refractivity contribution in [2.75, 3.05) is 4.72 Å². The summed E-state index contributed by atoms with van der Waals surface area (Å²) in [5.41, 5.74) is 1.00. The molecule has 0 radical (unpaired) electrons. The molecule has 112 valence electrons. The number of benzene rings is 2. The summed E-state index contributed by atoms with van der Waals surface area (Å²) in [6.07, 6.45) is 3.39. The van der Waals surface area contributed by atoms with Gasteiger partial charge < -0.3 is 0 Å². The van der Waals surface area contributed by atoms with E-state index in [4.69, 9.17) is 11.6 Å². The Morgan fingerprint density at radius 3 is 2.55 bits per heavy atom. The summed E-state index contributed by atoms with van der Waals surface area (Å²) in [7, 11) is -3.74. The average Bonchev–Trinajstić information content (AvgIpc) is 2.54. The van der Waals surface area contributed by atoms with Crippen LogP contribution in [0.3, 0.4) is 0 Å². The molecule has 0 spiro atoms. The fourth-order valence-electron chi connectivity index (χ4n) is 2.15. The topological polar surface area (TPSA) is 59.1 Å². The largest absolute Gasteiger partial charge is 0.282 e. The highest BCUT2D eigenvalue weighted by Gasteiger charge is 2.24. The van der Waals surface area contributed by atoms with Gasteiger partial charge in [0.25, 0.3) is 10.0 Å². The monoisotopic (exact) mass is 332 g/mol. The Labute approximate surface area is 133 Å². The molecule has 0 aliphatic heterocycles. The van der Waals surface area contributed by atoms with E-state index in [-0.39, 0.29) is 0 Å². The number of hydrogen-bond acceptors (Lipinski definition) is 3. The molecule has 3 rings (SSSR count). The van der Waals surface area contributed by atoms with E-state index in [1.54, 1.807) is 48.8 Å². The zero-order valence-electron chi connectivity index (χ0n) is 11.5. The van der Waals surface area contributed by atoms with E-state index in [9.17, 15) is 8.42 Å². The first-order valence-electron chi connectivity index (χ1n) is 6.61. The second-order valence-corrected chi connectivity index (χ2v) is 7.27. The lowest BCUT2D eigenvalue weighted by atomic mass is 10.2. The van der Waals surface area contributed by atoms with E-state index >= 15 is 0 Å². The number of nitrogens with one attached hydrogen (secondary N) is 1. The van der Waals surface area contributed by atoms with Crippen molar-refractivity contribution in [3.63, 3.8) is 0 Å². The normalized spacial score (nSPS) is 13.0. The summed E-state index contributed by atoms with van der Waals surface area (Å²) in [4.78, 5) is 4.03. The van der Waals surface area contributed by atoms with Crippen LogP contribution < -0.4 is 4.72 Å². The standard InChI is InChI=1S/C16H13ClN2O2S/c17-16(12-4-2-1-3-5-12)22(20,21)19-15-7-6-14-11-18-9-8-13(14)10-15/h1-11,16,19H. The molecular formula is C16H13ClN2O2S. The van der Waals surface area contributed by atoms with Crippen molar-refractivity contribution < 1.29 is 8.42 Å². The molecular weight excluding hydrogens is 320 g/mol. The second-order valence-electron chi connectivity index (χ2n) is 4.81. The van der Waals surface area contributed by atoms with Gasteiger partial charge in [-0.1, -0.05) is 48.0 Å². The van der Waals surface area contributed by atoms with Crippen LogP contribution in [-0.4, -0.2) is 13.4 Å². The van der Waals surface area contributed by atoms with Gasteiger partial charge in [-0.15, -0.1) is 0 Å². The molecule has 0 saturated carbocycles. The van der Waals surface area contributed by atoms with Gasteiger partial charge in [-0.25, -0.2) is 8.42 Å². The van der Waals surface area contributed by atoms with E-state index in [1.165, 1.54) is 0 Å². The minimum absolute atomic E-state index is 0.472. The first kappa shape index (κ1) is 14.8. The van der Waals surface area contributed by atoms with Gasteiger partial charge in [-0.2, -0.15) is 0 Å². The van der Waals surface area contributed by atoms with Gasteiger partial charge in [0.15, 0.2) is 4.71 Å². The Kier molecular flexibility index (Phi) is 4.00. The smallest absolute Gasteiger partial charge is 0.254 e. The van der Waals surface area contributed by atoms with Crippen LogP contribution in [0.15, 0.2) is 67.0 Å². The van der Waals surface area contributed by atoms with Crippen LogP contribution in [0, 0.1) is 0 Å². The third kappa shape index (κ3) is 3.05. The molecule has 1 atom stereocenters. The van der Waals surface area contributed by atoms with Gasteiger partial charge in [0.05, 0.1) is 0 Å². The molecule has 0 aliphatic rings. The number of aromatic nitrogens is 1. The summed E-state index contributed by atoms with van der Waals surface area (Å²) >= 11 is 6.11. The average molecular weight is 333 g/mol. The lowest BCUT2D eigenvalue weighted by Crippen LogP contribution is -2.17. The predicted octanol–water partition coefficient (Wildman–Crippen LogP) is 3.91. The molecule has 3 aromatic rings. The van der Waals surface area contributed by atoms with Crippen LogP contribution in [0.1, 0.15) is 10.3 Å². The molecule has 4 nitrogen and oxygen atoms in total. The SMILES string of the molecule is O=S(=O)(Nc1ccc2cnccc2c1)C(Cl)c1ccccc1. The van der Waals surface area contributed by atoms with Gasteiger partial charge in [0.1, 0.15) is 0 Å². The fourth-order valence-corrected chi connectivity index (χ4v) is 3.50. The molecule has 0 fully saturated rings. The fraction of sp³-hybridized carbons (Fsp3) is 0.0625. The molecule has 1 aromatic heterocycles. The third-order valence-corrected chi connectivity index (χ3v) is 5.53. The Bertz CT molecular complexity index is 898. The van der Waals surface area contributed by atoms with Gasteiger partial charge >= 0.3 is 0 Å². The summed E-state index contributed by atoms with van der Waals surface area (Å²) < 4.78 is 26.1. The number of fused-ring (bicyclic) bond motifs is 1. The first-order chi connectivity index (χ1) is 10.6. The van der Waals surface area contributed by atoms with Crippen LogP contribution in [0.2, 0.25) is 0 Å². The maximum absolute atomic E-state index is 12.4. The number of nitrogens with zero attached hydrogens (tertiary/aromatic N) is 1. The lowest BCUT2D eigenvalue weighted by Gasteiger charge is -2.14. The molecule has 1 N–H and O–H groups in total. The Morgan fingerprint density at radius 1 is 1.00 bits per heavy atom. The number of alkyl halides is 1. The van der Waals surface area contributed by atoms with Crippen molar-refractivity contribution in [2.45, 2.75) is 4.71 Å². The minimum atomic E-state index is -3.74. The van der Waals surface area contributed by atoms with Gasteiger partial charge in [0.2, 0.25) is 0 Å². The maximum atomic E-state index is 12.4. The van der Waals surface area contributed by atoms with Crippen LogP contribution in [-0.2, 0) is 10.0 Å². The highest BCUT2D eigenvalue weighted by Crippen LogP contribution is 2.29. The van der Waals surface area contributed by atoms with Crippen molar-refractivity contribution >= 4 is 38.1 Å². The van der Waals surface area contributed by atoms with Crippen LogP contribution in [0.4, 0.5) is 5.69 Å². The number of sulfonamides is 1. The Balaban J connectivity index is 1.89. The summed E-state index contributed by atoms with van der Waals surface area (Å²) in [6, 6.07) is 15.8. The number of pyridine rings is 1. The van der Waals surface area contributed by atoms with E-state index in [2.05, 4.69) is 9.71 Å². The Hall–Kier alpha value is -2.11. The van der Waals surface area contributed by atoms with Crippen molar-refractivity contribution in [2.24, 2.45) is 0 Å². The molecule has 1 unspecified atom stereocenters. The van der Waals surface area contributed by atoms with Crippen molar-refractivity contribution in [1.82, 2.24) is 4.98 Å². The first-order valence-corrected chi connectivity index (χ1v) is 8.59. The van der Waals surface area contributed by atoms with E-state index in [0.717, 1.165) is 10.8 Å². The molecule has 0 aliphatic carbocycles. The highest BCUT2D eigenvalue weighted by molar-refractivity contribution is 7.94. The number of rotatable bonds is 4. The van der Waals surface area contributed by atoms with Gasteiger partial charge in [-0.3, -0.25) is 9.71 Å². The van der Waals surface area contributed by atoms with Crippen molar-refractivity contribution in [1.29, 1.82) is 0 Å². The number of anilines is 1.